The molecule has 4 heterocycles. The van der Waals surface area contributed by atoms with Gasteiger partial charge in [0.05, 0.1) is 16.7 Å². The number of aryl methyl sites for hydroxylation is 1. The third-order valence-electron chi connectivity index (χ3n) is 6.86. The van der Waals surface area contributed by atoms with Crippen LogP contribution >= 0.6 is 11.3 Å². The monoisotopic (exact) mass is 520 g/mol. The minimum Gasteiger partial charge on any atom is -0.472 e. The van der Waals surface area contributed by atoms with E-state index in [1.54, 1.807) is 21.9 Å². The highest BCUT2D eigenvalue weighted by Crippen LogP contribution is 2.31. The van der Waals surface area contributed by atoms with E-state index in [9.17, 15) is 19.2 Å². The Morgan fingerprint density at radius 1 is 1.00 bits per heavy atom. The van der Waals surface area contributed by atoms with Crippen molar-refractivity contribution in [1.82, 2.24) is 10.2 Å². The van der Waals surface area contributed by atoms with Gasteiger partial charge in [0.2, 0.25) is 0 Å². The number of nitrogens with one attached hydrogen (secondary N) is 2. The van der Waals surface area contributed by atoms with Crippen LogP contribution in [0.15, 0.2) is 58.7 Å². The maximum atomic E-state index is 12.9. The summed E-state index contributed by atoms with van der Waals surface area (Å²) in [6, 6.07) is 10.7. The Morgan fingerprint density at radius 3 is 2.57 bits per heavy atom. The Kier molecular flexibility index (Phi) is 7.36. The number of fused-ring (bicyclic) bond motifs is 1. The van der Waals surface area contributed by atoms with Gasteiger partial charge in [-0.2, -0.15) is 0 Å². The first-order valence-electron chi connectivity index (χ1n) is 12.4. The van der Waals surface area contributed by atoms with Crippen LogP contribution in [-0.2, 0) is 16.0 Å². The molecule has 2 aliphatic heterocycles. The van der Waals surface area contributed by atoms with Crippen LogP contribution in [0.2, 0.25) is 0 Å². The summed E-state index contributed by atoms with van der Waals surface area (Å²) in [7, 11) is 0. The number of anilines is 2. The number of furan rings is 1. The summed E-state index contributed by atoms with van der Waals surface area (Å²) in [6.07, 6.45) is 6.03. The van der Waals surface area contributed by atoms with E-state index >= 15 is 0 Å². The Hall–Kier alpha value is -3.92. The number of carbonyl (C=O) groups is 4. The summed E-state index contributed by atoms with van der Waals surface area (Å²) in [5, 5.41) is 7.28. The Balaban J connectivity index is 1.11. The normalized spacial score (nSPS) is 15.7. The number of rotatable bonds is 5. The van der Waals surface area contributed by atoms with Gasteiger partial charge in [0.15, 0.2) is 0 Å². The molecule has 1 fully saturated rings. The first-order valence-corrected chi connectivity index (χ1v) is 13.3. The second kappa shape index (κ2) is 11.0. The summed E-state index contributed by atoms with van der Waals surface area (Å²) >= 11 is 1.42. The highest BCUT2D eigenvalue weighted by Gasteiger charge is 2.27. The molecule has 192 valence electrons. The highest BCUT2D eigenvalue weighted by molar-refractivity contribution is 7.12. The summed E-state index contributed by atoms with van der Waals surface area (Å²) in [5.74, 6) is -1.30. The van der Waals surface area contributed by atoms with Crippen LogP contribution in [0.5, 0.6) is 0 Å². The largest absolute Gasteiger partial charge is 0.472 e. The molecule has 0 spiro atoms. The molecule has 9 nitrogen and oxygen atoms in total. The molecule has 0 bridgehead atoms. The molecule has 0 aliphatic carbocycles. The number of likely N-dealkylation sites (tertiary alicyclic amines) is 1. The molecule has 10 heteroatoms. The number of hydrogen-bond donors (Lipinski definition) is 2. The average Bonchev–Trinajstić information content (AvgIpc) is 3.66. The number of thiophene rings is 1. The van der Waals surface area contributed by atoms with Gasteiger partial charge in [-0.3, -0.25) is 19.2 Å². The predicted octanol–water partition coefficient (Wildman–Crippen LogP) is 3.54. The topological polar surface area (TPSA) is 112 Å². The lowest BCUT2D eigenvalue weighted by atomic mass is 9.96. The molecule has 0 radical (unpaired) electrons. The third-order valence-corrected chi connectivity index (χ3v) is 7.72. The fourth-order valence-corrected chi connectivity index (χ4v) is 5.51. The van der Waals surface area contributed by atoms with Gasteiger partial charge in [-0.25, -0.2) is 0 Å². The van der Waals surface area contributed by atoms with Crippen LogP contribution in [0.1, 0.15) is 44.9 Å². The number of hydrogen-bond acceptors (Lipinski definition) is 6. The second-order valence-electron chi connectivity index (χ2n) is 9.29. The van der Waals surface area contributed by atoms with Gasteiger partial charge < -0.3 is 24.9 Å². The van der Waals surface area contributed by atoms with E-state index in [-0.39, 0.29) is 17.7 Å². The molecular weight excluding hydrogens is 492 g/mol. The highest BCUT2D eigenvalue weighted by atomic mass is 32.1. The van der Waals surface area contributed by atoms with Crippen LogP contribution in [0, 0.1) is 5.92 Å². The van der Waals surface area contributed by atoms with Gasteiger partial charge in [0, 0.05) is 37.6 Å². The summed E-state index contributed by atoms with van der Waals surface area (Å²) < 4.78 is 4.98. The lowest BCUT2D eigenvalue weighted by Gasteiger charge is -2.31. The van der Waals surface area contributed by atoms with Crippen LogP contribution in [0.4, 0.5) is 11.4 Å². The van der Waals surface area contributed by atoms with Crippen molar-refractivity contribution >= 4 is 46.3 Å². The van der Waals surface area contributed by atoms with Crippen molar-refractivity contribution in [1.29, 1.82) is 0 Å². The van der Waals surface area contributed by atoms with Crippen molar-refractivity contribution in [2.75, 3.05) is 36.4 Å². The molecule has 2 aromatic heterocycles. The molecule has 37 heavy (non-hydrogen) atoms. The smallest absolute Gasteiger partial charge is 0.313 e. The molecule has 1 aromatic carbocycles. The molecule has 5 rings (SSSR count). The molecule has 0 saturated carbocycles. The fraction of sp³-hybridized carbons (Fsp3) is 0.333. The molecule has 0 atom stereocenters. The van der Waals surface area contributed by atoms with Crippen molar-refractivity contribution in [3.8, 4) is 0 Å². The average molecular weight is 521 g/mol. The standard InChI is InChI=1S/C27H28N4O5S/c32-24(28-16-18-7-11-30(12-8-18)26(34)20-9-13-36-17-20)25(33)29-21-5-6-22-19(15-21)3-1-10-31(22)27(35)23-4-2-14-37-23/h2,4-6,9,13-15,17-18H,1,3,7-8,10-12,16H2,(H,28,32)(H,29,33). The van der Waals surface area contributed by atoms with E-state index in [0.29, 0.717) is 42.3 Å². The lowest BCUT2D eigenvalue weighted by Crippen LogP contribution is -2.43. The number of amides is 4. The van der Waals surface area contributed by atoms with E-state index in [2.05, 4.69) is 10.6 Å². The van der Waals surface area contributed by atoms with E-state index in [0.717, 1.165) is 36.9 Å². The van der Waals surface area contributed by atoms with Crippen LogP contribution in [0.25, 0.3) is 0 Å². The maximum absolute atomic E-state index is 12.9. The molecule has 2 N–H and O–H groups in total. The van der Waals surface area contributed by atoms with E-state index in [4.69, 9.17) is 4.42 Å². The van der Waals surface area contributed by atoms with Crippen molar-refractivity contribution in [2.24, 2.45) is 5.92 Å². The van der Waals surface area contributed by atoms with Gasteiger partial charge in [0.1, 0.15) is 6.26 Å². The Labute approximate surface area is 218 Å². The first-order chi connectivity index (χ1) is 18.0. The molecule has 2 aliphatic rings. The van der Waals surface area contributed by atoms with E-state index in [1.165, 1.54) is 23.9 Å². The predicted molar refractivity (Wildman–Crippen MR) is 140 cm³/mol. The second-order valence-corrected chi connectivity index (χ2v) is 10.2. The van der Waals surface area contributed by atoms with Gasteiger partial charge in [-0.15, -0.1) is 11.3 Å². The maximum Gasteiger partial charge on any atom is 0.313 e. The zero-order valence-corrected chi connectivity index (χ0v) is 21.1. The molecular formula is C27H28N4O5S. The SMILES string of the molecule is O=C(NCC1CCN(C(=O)c2ccoc2)CC1)C(=O)Nc1ccc2c(c1)CCCN2C(=O)c1cccs1. The zero-order valence-electron chi connectivity index (χ0n) is 20.3. The summed E-state index contributed by atoms with van der Waals surface area (Å²) in [4.78, 5) is 54.5. The van der Waals surface area contributed by atoms with Crippen LogP contribution in [0.3, 0.4) is 0 Å². The molecule has 3 aromatic rings. The number of benzene rings is 1. The quantitative estimate of drug-likeness (QED) is 0.500. The van der Waals surface area contributed by atoms with Gasteiger partial charge in [-0.1, -0.05) is 6.07 Å². The zero-order chi connectivity index (χ0) is 25.8. The van der Waals surface area contributed by atoms with Crippen molar-refractivity contribution < 1.29 is 23.6 Å². The minimum absolute atomic E-state index is 0.0243. The molecule has 4 amide bonds. The Morgan fingerprint density at radius 2 is 1.84 bits per heavy atom. The summed E-state index contributed by atoms with van der Waals surface area (Å²) in [6.45, 7) is 2.22. The minimum atomic E-state index is -0.727. The number of carbonyl (C=O) groups excluding carboxylic acids is 4. The van der Waals surface area contributed by atoms with Gasteiger partial charge in [-0.05, 0) is 72.9 Å². The number of piperidine rings is 1. The molecule has 0 unspecified atom stereocenters. The van der Waals surface area contributed by atoms with Crippen molar-refractivity contribution in [3.63, 3.8) is 0 Å². The summed E-state index contributed by atoms with van der Waals surface area (Å²) in [5.41, 5.74) is 2.86. The number of nitrogens with zero attached hydrogens (tertiary/aromatic N) is 2. The lowest BCUT2D eigenvalue weighted by molar-refractivity contribution is -0.136. The fourth-order valence-electron chi connectivity index (χ4n) is 4.83. The van der Waals surface area contributed by atoms with Crippen LogP contribution in [-0.4, -0.2) is 54.7 Å². The van der Waals surface area contributed by atoms with Gasteiger partial charge >= 0.3 is 11.8 Å². The third kappa shape index (κ3) is 5.59. The van der Waals surface area contributed by atoms with E-state index < -0.39 is 11.8 Å². The molecule has 1 saturated heterocycles. The first kappa shape index (κ1) is 24.8. The van der Waals surface area contributed by atoms with Crippen LogP contribution < -0.4 is 15.5 Å². The van der Waals surface area contributed by atoms with E-state index in [1.807, 2.05) is 29.6 Å². The van der Waals surface area contributed by atoms with Gasteiger partial charge in [0.25, 0.3) is 11.8 Å². The van der Waals surface area contributed by atoms with Crippen molar-refractivity contribution in [2.45, 2.75) is 25.7 Å². The Bertz CT molecular complexity index is 1280. The van der Waals surface area contributed by atoms with Crippen molar-refractivity contribution in [3.05, 3.63) is 70.3 Å².